The standard InChI is InChI=1S/C30H42N2O3/c1-28(2,22-9-7-8-10-24(22)35-6)31-27(34)23-13-12-20-19-11-14-25-30(4,18-16-26(33)32(25)5)21(19)15-17-29(20,23)3/h7-10,14,19-21,23H,11-13,15-18H2,1-6H3,(H,31,34)/t19-,20-,21+,23?,29-,30+/m0/s1. The van der Waals surface area contributed by atoms with E-state index >= 15 is 0 Å². The molecule has 0 aromatic heterocycles. The predicted molar refractivity (Wildman–Crippen MR) is 138 cm³/mol. The van der Waals surface area contributed by atoms with Gasteiger partial charge in [-0.3, -0.25) is 9.59 Å². The third kappa shape index (κ3) is 3.64. The average Bonchev–Trinajstić information content (AvgIpc) is 3.19. The Morgan fingerprint density at radius 1 is 1.11 bits per heavy atom. The van der Waals surface area contributed by atoms with Crippen LogP contribution in [0.25, 0.3) is 0 Å². The zero-order chi connectivity index (χ0) is 25.2. The van der Waals surface area contributed by atoms with E-state index < -0.39 is 5.54 Å². The van der Waals surface area contributed by atoms with Crippen LogP contribution in [0.5, 0.6) is 5.75 Å². The number of allylic oxidation sites excluding steroid dienone is 2. The minimum atomic E-state index is -0.509. The molecular weight excluding hydrogens is 436 g/mol. The molecule has 35 heavy (non-hydrogen) atoms. The Kier molecular flexibility index (Phi) is 5.84. The van der Waals surface area contributed by atoms with Gasteiger partial charge in [0, 0.05) is 36.1 Å². The van der Waals surface area contributed by atoms with E-state index in [-0.39, 0.29) is 28.6 Å². The van der Waals surface area contributed by atoms with E-state index in [1.165, 1.54) is 5.70 Å². The van der Waals surface area contributed by atoms with E-state index in [4.69, 9.17) is 4.74 Å². The number of piperidine rings is 1. The minimum Gasteiger partial charge on any atom is -0.496 e. The van der Waals surface area contributed by atoms with E-state index in [9.17, 15) is 9.59 Å². The smallest absolute Gasteiger partial charge is 0.226 e. The van der Waals surface area contributed by atoms with Crippen molar-refractivity contribution < 1.29 is 14.3 Å². The molecule has 1 unspecified atom stereocenters. The van der Waals surface area contributed by atoms with E-state index in [0.29, 0.717) is 24.2 Å². The summed E-state index contributed by atoms with van der Waals surface area (Å²) in [6.45, 7) is 8.93. The summed E-state index contributed by atoms with van der Waals surface area (Å²) in [4.78, 5) is 28.1. The molecule has 1 aliphatic heterocycles. The maximum atomic E-state index is 13.8. The fraction of sp³-hybridized carbons (Fsp3) is 0.667. The third-order valence-electron chi connectivity index (χ3n) is 10.6. The predicted octanol–water partition coefficient (Wildman–Crippen LogP) is 5.65. The van der Waals surface area contributed by atoms with Crippen molar-refractivity contribution in [3.63, 3.8) is 0 Å². The lowest BCUT2D eigenvalue weighted by Gasteiger charge is -2.58. The van der Waals surface area contributed by atoms with Crippen LogP contribution in [0.3, 0.4) is 0 Å². The Morgan fingerprint density at radius 2 is 1.86 bits per heavy atom. The Balaban J connectivity index is 1.37. The van der Waals surface area contributed by atoms with Gasteiger partial charge in [-0.2, -0.15) is 0 Å². The van der Waals surface area contributed by atoms with Crippen LogP contribution in [0.1, 0.15) is 78.2 Å². The molecule has 5 heteroatoms. The van der Waals surface area contributed by atoms with Crippen LogP contribution >= 0.6 is 0 Å². The SMILES string of the molecule is COc1ccccc1C(C)(C)NC(=O)C1CC[C@H]2[C@@H]3CC=C4N(C)C(=O)CC[C@]4(C)[C@@H]3CC[C@]12C. The first-order chi connectivity index (χ1) is 16.5. The van der Waals surface area contributed by atoms with Crippen LogP contribution in [0, 0.1) is 34.5 Å². The van der Waals surface area contributed by atoms with Gasteiger partial charge >= 0.3 is 0 Å². The highest BCUT2D eigenvalue weighted by atomic mass is 16.5. The average molecular weight is 479 g/mol. The lowest BCUT2D eigenvalue weighted by molar-refractivity contribution is -0.139. The van der Waals surface area contributed by atoms with Crippen molar-refractivity contribution in [2.75, 3.05) is 14.2 Å². The van der Waals surface area contributed by atoms with Crippen molar-refractivity contribution in [2.45, 2.75) is 78.2 Å². The van der Waals surface area contributed by atoms with Crippen molar-refractivity contribution in [1.82, 2.24) is 10.2 Å². The number of rotatable bonds is 4. The molecule has 5 nitrogen and oxygen atoms in total. The highest BCUT2D eigenvalue weighted by Crippen LogP contribution is 2.66. The molecule has 3 fully saturated rings. The van der Waals surface area contributed by atoms with Crippen LogP contribution in [0.2, 0.25) is 0 Å². The summed E-state index contributed by atoms with van der Waals surface area (Å²) in [6, 6.07) is 7.97. The number of carbonyl (C=O) groups excluding carboxylic acids is 2. The molecule has 2 saturated carbocycles. The number of methoxy groups -OCH3 is 1. The van der Waals surface area contributed by atoms with Gasteiger partial charge in [0.2, 0.25) is 11.8 Å². The molecule has 6 atom stereocenters. The van der Waals surface area contributed by atoms with Crippen LogP contribution < -0.4 is 10.1 Å². The molecular formula is C30H42N2O3. The number of para-hydroxylation sites is 1. The van der Waals surface area contributed by atoms with Crippen molar-refractivity contribution >= 4 is 11.8 Å². The molecule has 1 N–H and O–H groups in total. The summed E-state index contributed by atoms with van der Waals surface area (Å²) in [6.07, 6.45) is 9.33. The van der Waals surface area contributed by atoms with Gasteiger partial charge in [0.1, 0.15) is 5.75 Å². The lowest BCUT2D eigenvalue weighted by Crippen LogP contribution is -2.55. The molecule has 1 heterocycles. The number of carbonyl (C=O) groups is 2. The molecule has 190 valence electrons. The highest BCUT2D eigenvalue weighted by Gasteiger charge is 2.60. The number of hydrogen-bond donors (Lipinski definition) is 1. The van der Waals surface area contributed by atoms with E-state index in [1.807, 2.05) is 36.2 Å². The number of hydrogen-bond acceptors (Lipinski definition) is 3. The molecule has 3 aliphatic carbocycles. The van der Waals surface area contributed by atoms with Gasteiger partial charge in [0.15, 0.2) is 0 Å². The van der Waals surface area contributed by atoms with Gasteiger partial charge < -0.3 is 15.0 Å². The largest absolute Gasteiger partial charge is 0.496 e. The summed E-state index contributed by atoms with van der Waals surface area (Å²) in [5.41, 5.74) is 1.86. The fourth-order valence-corrected chi connectivity index (χ4v) is 8.63. The van der Waals surface area contributed by atoms with Crippen LogP contribution in [0.4, 0.5) is 0 Å². The zero-order valence-corrected chi connectivity index (χ0v) is 22.3. The molecule has 1 aromatic carbocycles. The van der Waals surface area contributed by atoms with Crippen LogP contribution in [-0.4, -0.2) is 30.9 Å². The minimum absolute atomic E-state index is 0.0280. The molecule has 0 bridgehead atoms. The van der Waals surface area contributed by atoms with Gasteiger partial charge in [0.25, 0.3) is 0 Å². The summed E-state index contributed by atoms with van der Waals surface area (Å²) in [5, 5.41) is 3.41. The second-order valence-electron chi connectivity index (χ2n) is 12.6. The lowest BCUT2D eigenvalue weighted by atomic mass is 9.49. The van der Waals surface area contributed by atoms with Gasteiger partial charge in [-0.05, 0) is 81.6 Å². The number of amides is 2. The van der Waals surface area contributed by atoms with Crippen LogP contribution in [0.15, 0.2) is 36.0 Å². The number of fused-ring (bicyclic) bond motifs is 5. The van der Waals surface area contributed by atoms with E-state index in [2.05, 4.69) is 39.1 Å². The van der Waals surface area contributed by atoms with E-state index in [1.54, 1.807) is 7.11 Å². The third-order valence-corrected chi connectivity index (χ3v) is 10.6. The first-order valence-electron chi connectivity index (χ1n) is 13.5. The van der Waals surface area contributed by atoms with Gasteiger partial charge in [-0.1, -0.05) is 38.1 Å². The summed E-state index contributed by atoms with van der Waals surface area (Å²) < 4.78 is 5.59. The first-order valence-corrected chi connectivity index (χ1v) is 13.5. The van der Waals surface area contributed by atoms with Crippen molar-refractivity contribution in [1.29, 1.82) is 0 Å². The molecule has 1 saturated heterocycles. The number of ether oxygens (including phenoxy) is 1. The van der Waals surface area contributed by atoms with Crippen LogP contribution in [-0.2, 0) is 15.1 Å². The number of likely N-dealkylation sites (tertiary alicyclic amines) is 1. The van der Waals surface area contributed by atoms with Gasteiger partial charge in [-0.25, -0.2) is 0 Å². The monoisotopic (exact) mass is 478 g/mol. The number of nitrogens with zero attached hydrogens (tertiary/aromatic N) is 1. The van der Waals surface area contributed by atoms with Crippen molar-refractivity contribution in [3.05, 3.63) is 41.6 Å². The van der Waals surface area contributed by atoms with Gasteiger partial charge in [0.05, 0.1) is 12.6 Å². The Hall–Kier alpha value is -2.30. The zero-order valence-electron chi connectivity index (χ0n) is 22.3. The molecule has 4 aliphatic rings. The summed E-state index contributed by atoms with van der Waals surface area (Å²) in [5.74, 6) is 3.05. The number of nitrogens with one attached hydrogen (secondary N) is 1. The van der Waals surface area contributed by atoms with Gasteiger partial charge in [-0.15, -0.1) is 0 Å². The molecule has 0 spiro atoms. The molecule has 2 amide bonds. The summed E-state index contributed by atoms with van der Waals surface area (Å²) >= 11 is 0. The maximum Gasteiger partial charge on any atom is 0.226 e. The van der Waals surface area contributed by atoms with E-state index in [0.717, 1.165) is 49.8 Å². The summed E-state index contributed by atoms with van der Waals surface area (Å²) in [7, 11) is 3.64. The maximum absolute atomic E-state index is 13.8. The molecule has 1 aromatic rings. The highest BCUT2D eigenvalue weighted by molar-refractivity contribution is 5.81. The second-order valence-corrected chi connectivity index (χ2v) is 12.6. The molecule has 0 radical (unpaired) electrons. The quantitative estimate of drug-likeness (QED) is 0.608. The topological polar surface area (TPSA) is 58.6 Å². The second kappa shape index (κ2) is 8.38. The normalized spacial score (nSPS) is 36.6. The Morgan fingerprint density at radius 3 is 2.60 bits per heavy atom. The first kappa shape index (κ1) is 24.4. The van der Waals surface area contributed by atoms with Crippen molar-refractivity contribution in [3.8, 4) is 5.75 Å². The fourth-order valence-electron chi connectivity index (χ4n) is 8.63. The van der Waals surface area contributed by atoms with Crippen molar-refractivity contribution in [2.24, 2.45) is 34.5 Å². The Bertz CT molecular complexity index is 1060. The number of benzene rings is 1. The molecule has 5 rings (SSSR count). The Labute approximate surface area is 210 Å².